The molecule has 1 atom stereocenters. The van der Waals surface area contributed by atoms with E-state index in [1.165, 1.54) is 5.52 Å². The van der Waals surface area contributed by atoms with E-state index in [0.717, 1.165) is 43.8 Å². The highest BCUT2D eigenvalue weighted by Crippen LogP contribution is 2.28. The van der Waals surface area contributed by atoms with Crippen molar-refractivity contribution in [3.8, 4) is 0 Å². The zero-order valence-electron chi connectivity index (χ0n) is 15.9. The van der Waals surface area contributed by atoms with Crippen LogP contribution in [-0.4, -0.2) is 57.2 Å². The van der Waals surface area contributed by atoms with Crippen LogP contribution in [0, 0.1) is 5.92 Å². The first kappa shape index (κ1) is 17.3. The van der Waals surface area contributed by atoms with Crippen molar-refractivity contribution in [3.05, 3.63) is 30.1 Å². The molecule has 1 amide bonds. The van der Waals surface area contributed by atoms with Gasteiger partial charge in [0.2, 0.25) is 0 Å². The number of cyclic esters (lactones) is 1. The standard InChI is InChI=1S/C20H28N4O2/c1-14(2)18-13-26-20(25)24(18)15-8-10-23(11-9-15)12-19-21-16-6-4-5-7-17(16)22(19)3/h4-7,14-15,18H,8-13H2,1-3H3. The van der Waals surface area contributed by atoms with E-state index in [4.69, 9.17) is 9.72 Å². The van der Waals surface area contributed by atoms with E-state index in [1.54, 1.807) is 0 Å². The lowest BCUT2D eigenvalue weighted by atomic mass is 9.98. The number of amides is 1. The summed E-state index contributed by atoms with van der Waals surface area (Å²) in [5.41, 5.74) is 2.23. The van der Waals surface area contributed by atoms with Gasteiger partial charge in [-0.15, -0.1) is 0 Å². The first-order valence-electron chi connectivity index (χ1n) is 9.62. The first-order chi connectivity index (χ1) is 12.5. The summed E-state index contributed by atoms with van der Waals surface area (Å²) in [5.74, 6) is 1.53. The molecule has 6 heteroatoms. The van der Waals surface area contributed by atoms with Gasteiger partial charge in [0.15, 0.2) is 0 Å². The minimum atomic E-state index is -0.127. The van der Waals surface area contributed by atoms with E-state index >= 15 is 0 Å². The number of hydrogen-bond donors (Lipinski definition) is 0. The monoisotopic (exact) mass is 356 g/mol. The normalized spacial score (nSPS) is 22.5. The fourth-order valence-corrected chi connectivity index (χ4v) is 4.27. The van der Waals surface area contributed by atoms with Crippen LogP contribution >= 0.6 is 0 Å². The number of ether oxygens (including phenoxy) is 1. The molecule has 1 unspecified atom stereocenters. The van der Waals surface area contributed by atoms with Crippen molar-refractivity contribution < 1.29 is 9.53 Å². The minimum Gasteiger partial charge on any atom is -0.447 e. The van der Waals surface area contributed by atoms with E-state index in [9.17, 15) is 4.79 Å². The maximum absolute atomic E-state index is 12.2. The first-order valence-corrected chi connectivity index (χ1v) is 9.62. The molecule has 2 saturated heterocycles. The van der Waals surface area contributed by atoms with Crippen LogP contribution in [0.4, 0.5) is 4.79 Å². The average molecular weight is 356 g/mol. The maximum Gasteiger partial charge on any atom is 0.410 e. The number of benzene rings is 1. The minimum absolute atomic E-state index is 0.127. The Balaban J connectivity index is 1.40. The van der Waals surface area contributed by atoms with Crippen LogP contribution in [0.1, 0.15) is 32.5 Å². The lowest BCUT2D eigenvalue weighted by molar-refractivity contribution is 0.0943. The Morgan fingerprint density at radius 3 is 2.65 bits per heavy atom. The smallest absolute Gasteiger partial charge is 0.410 e. The summed E-state index contributed by atoms with van der Waals surface area (Å²) in [7, 11) is 2.09. The van der Waals surface area contributed by atoms with Crippen molar-refractivity contribution in [2.45, 2.75) is 45.3 Å². The van der Waals surface area contributed by atoms with Crippen LogP contribution in [0.2, 0.25) is 0 Å². The quantitative estimate of drug-likeness (QED) is 0.845. The summed E-state index contributed by atoms with van der Waals surface area (Å²) in [4.78, 5) is 21.4. The largest absolute Gasteiger partial charge is 0.447 e. The van der Waals surface area contributed by atoms with Crippen molar-refractivity contribution >= 4 is 17.1 Å². The molecule has 0 saturated carbocycles. The highest BCUT2D eigenvalue weighted by atomic mass is 16.6. The summed E-state index contributed by atoms with van der Waals surface area (Å²) in [6, 6.07) is 8.79. The Morgan fingerprint density at radius 2 is 1.96 bits per heavy atom. The molecule has 2 aromatic rings. The van der Waals surface area contributed by atoms with Crippen molar-refractivity contribution in [3.63, 3.8) is 0 Å². The van der Waals surface area contributed by atoms with Gasteiger partial charge in [-0.05, 0) is 30.9 Å². The highest BCUT2D eigenvalue weighted by molar-refractivity contribution is 5.75. The topological polar surface area (TPSA) is 50.6 Å². The number of nitrogens with zero attached hydrogens (tertiary/aromatic N) is 4. The number of carbonyl (C=O) groups excluding carboxylic acids is 1. The van der Waals surface area contributed by atoms with Gasteiger partial charge in [0, 0.05) is 26.2 Å². The average Bonchev–Trinajstić information content (AvgIpc) is 3.17. The van der Waals surface area contributed by atoms with Gasteiger partial charge >= 0.3 is 6.09 Å². The SMILES string of the molecule is CC(C)C1COC(=O)N1C1CCN(Cc2nc3ccccc3n2C)CC1. The molecular weight excluding hydrogens is 328 g/mol. The molecule has 3 heterocycles. The number of aryl methyl sites for hydroxylation is 1. The number of imidazole rings is 1. The number of fused-ring (bicyclic) bond motifs is 1. The van der Waals surface area contributed by atoms with E-state index in [2.05, 4.69) is 48.6 Å². The molecule has 2 fully saturated rings. The van der Waals surface area contributed by atoms with Crippen LogP contribution in [0.15, 0.2) is 24.3 Å². The van der Waals surface area contributed by atoms with E-state index in [1.807, 2.05) is 11.0 Å². The zero-order valence-corrected chi connectivity index (χ0v) is 15.9. The second-order valence-electron chi connectivity index (χ2n) is 7.88. The molecule has 1 aromatic carbocycles. The Morgan fingerprint density at radius 1 is 1.23 bits per heavy atom. The molecule has 4 rings (SSSR count). The number of hydrogen-bond acceptors (Lipinski definition) is 4. The van der Waals surface area contributed by atoms with Gasteiger partial charge in [-0.1, -0.05) is 26.0 Å². The van der Waals surface area contributed by atoms with Crippen molar-refractivity contribution in [2.24, 2.45) is 13.0 Å². The second kappa shape index (κ2) is 6.91. The summed E-state index contributed by atoms with van der Waals surface area (Å²) >= 11 is 0. The lowest BCUT2D eigenvalue weighted by Crippen LogP contribution is -2.49. The van der Waals surface area contributed by atoms with Gasteiger partial charge in [-0.2, -0.15) is 0 Å². The third-order valence-corrected chi connectivity index (χ3v) is 5.91. The fourth-order valence-electron chi connectivity index (χ4n) is 4.27. The number of carbonyl (C=O) groups is 1. The predicted molar refractivity (Wildman–Crippen MR) is 101 cm³/mol. The summed E-state index contributed by atoms with van der Waals surface area (Å²) in [6.07, 6.45) is 1.88. The van der Waals surface area contributed by atoms with Gasteiger partial charge in [-0.3, -0.25) is 9.80 Å². The molecule has 2 aliphatic heterocycles. The Labute approximate surface area is 154 Å². The summed E-state index contributed by atoms with van der Waals surface area (Å²) in [5, 5.41) is 0. The molecule has 0 bridgehead atoms. The molecule has 140 valence electrons. The number of piperidine rings is 1. The third-order valence-electron chi connectivity index (χ3n) is 5.91. The number of rotatable bonds is 4. The van der Waals surface area contributed by atoms with Crippen LogP contribution in [-0.2, 0) is 18.3 Å². The van der Waals surface area contributed by atoms with Crippen LogP contribution in [0.5, 0.6) is 0 Å². The molecule has 0 N–H and O–H groups in total. The zero-order chi connectivity index (χ0) is 18.3. The highest BCUT2D eigenvalue weighted by Gasteiger charge is 2.40. The van der Waals surface area contributed by atoms with Gasteiger partial charge in [-0.25, -0.2) is 9.78 Å². The Kier molecular flexibility index (Phi) is 4.61. The molecule has 26 heavy (non-hydrogen) atoms. The van der Waals surface area contributed by atoms with Gasteiger partial charge in [0.1, 0.15) is 12.4 Å². The molecule has 0 aliphatic carbocycles. The molecule has 2 aliphatic rings. The van der Waals surface area contributed by atoms with Gasteiger partial charge in [0.25, 0.3) is 0 Å². The number of para-hydroxylation sites is 2. The Bertz CT molecular complexity index is 792. The van der Waals surface area contributed by atoms with Crippen molar-refractivity contribution in [1.29, 1.82) is 0 Å². The van der Waals surface area contributed by atoms with Crippen molar-refractivity contribution in [2.75, 3.05) is 19.7 Å². The van der Waals surface area contributed by atoms with Crippen LogP contribution in [0.3, 0.4) is 0 Å². The summed E-state index contributed by atoms with van der Waals surface area (Å²) < 4.78 is 7.51. The Hall–Kier alpha value is -2.08. The second-order valence-corrected chi connectivity index (χ2v) is 7.88. The van der Waals surface area contributed by atoms with Crippen LogP contribution < -0.4 is 0 Å². The summed E-state index contributed by atoms with van der Waals surface area (Å²) in [6.45, 7) is 7.71. The molecule has 6 nitrogen and oxygen atoms in total. The van der Waals surface area contributed by atoms with E-state index < -0.39 is 0 Å². The number of likely N-dealkylation sites (tertiary alicyclic amines) is 1. The predicted octanol–water partition coefficient (Wildman–Crippen LogP) is 3.01. The molecule has 1 aromatic heterocycles. The van der Waals surface area contributed by atoms with Gasteiger partial charge < -0.3 is 9.30 Å². The maximum atomic E-state index is 12.2. The van der Waals surface area contributed by atoms with Crippen molar-refractivity contribution in [1.82, 2.24) is 19.4 Å². The molecule has 0 radical (unpaired) electrons. The number of aromatic nitrogens is 2. The van der Waals surface area contributed by atoms with Gasteiger partial charge in [0.05, 0.1) is 23.6 Å². The van der Waals surface area contributed by atoms with E-state index in [0.29, 0.717) is 18.6 Å². The molecule has 0 spiro atoms. The molecular formula is C20H28N4O2. The lowest BCUT2D eigenvalue weighted by Gasteiger charge is -2.38. The van der Waals surface area contributed by atoms with Crippen LogP contribution in [0.25, 0.3) is 11.0 Å². The third kappa shape index (κ3) is 3.07. The van der Waals surface area contributed by atoms with E-state index in [-0.39, 0.29) is 12.1 Å². The fraction of sp³-hybridized carbons (Fsp3) is 0.600.